The minimum Gasteiger partial charge on any atom is -0.116 e. The molecule has 0 aromatic rings. The van der Waals surface area contributed by atoms with Crippen LogP contribution in [0.25, 0.3) is 0 Å². The Labute approximate surface area is 40.5 Å². The van der Waals surface area contributed by atoms with E-state index in [2.05, 4.69) is 13.5 Å². The third-order valence-corrected chi connectivity index (χ3v) is 0.862. The molecule has 0 amide bonds. The summed E-state index contributed by atoms with van der Waals surface area (Å²) in [5.74, 6) is 0. The fourth-order valence-corrected chi connectivity index (χ4v) is 0.204. The molecule has 0 unspecified atom stereocenters. The molecule has 0 fully saturated rings. The summed E-state index contributed by atoms with van der Waals surface area (Å²) in [4.78, 5) is 0. The topological polar surface area (TPSA) is 0 Å². The predicted octanol–water partition coefficient (Wildman–Crippen LogP) is 1.66. The van der Waals surface area contributed by atoms with Crippen LogP contribution in [0.3, 0.4) is 0 Å². The van der Waals surface area contributed by atoms with Gasteiger partial charge in [0.15, 0.2) is 0 Å². The van der Waals surface area contributed by atoms with Crippen molar-refractivity contribution in [2.24, 2.45) is 0 Å². The molecule has 0 saturated heterocycles. The van der Waals surface area contributed by atoms with E-state index in [1.165, 1.54) is 5.47 Å². The Bertz CT molecular complexity index is 41.9. The van der Waals surface area contributed by atoms with E-state index < -0.39 is 0 Å². The van der Waals surface area contributed by atoms with E-state index in [4.69, 9.17) is 0 Å². The number of rotatable bonds is 2. The minimum absolute atomic E-state index is 1.08. The summed E-state index contributed by atoms with van der Waals surface area (Å²) >= 11 is 0. The SMILES string of the molecule is C=C([B]C)CC. The summed E-state index contributed by atoms with van der Waals surface area (Å²) in [5.41, 5.74) is 1.22. The lowest BCUT2D eigenvalue weighted by atomic mass is 9.72. The van der Waals surface area contributed by atoms with Gasteiger partial charge in [-0.3, -0.25) is 0 Å². The van der Waals surface area contributed by atoms with E-state index in [0.29, 0.717) is 0 Å². The molecule has 0 atom stereocenters. The van der Waals surface area contributed by atoms with Gasteiger partial charge in [-0.1, -0.05) is 13.7 Å². The van der Waals surface area contributed by atoms with Crippen LogP contribution in [-0.4, -0.2) is 7.28 Å². The van der Waals surface area contributed by atoms with Gasteiger partial charge >= 0.3 is 0 Å². The number of allylic oxidation sites excluding steroid dienone is 1. The lowest BCUT2D eigenvalue weighted by Gasteiger charge is -1.87. The molecule has 0 aliphatic heterocycles. The maximum absolute atomic E-state index is 3.74. The average molecular weight is 80.9 g/mol. The van der Waals surface area contributed by atoms with Crippen LogP contribution in [0.1, 0.15) is 13.3 Å². The first-order valence-electron chi connectivity index (χ1n) is 2.28. The Morgan fingerprint density at radius 1 is 1.83 bits per heavy atom. The predicted molar refractivity (Wildman–Crippen MR) is 31.0 cm³/mol. The molecule has 0 heterocycles. The maximum Gasteiger partial charge on any atom is 0.141 e. The molecular formula is C5H10B. The molecule has 0 rings (SSSR count). The van der Waals surface area contributed by atoms with Gasteiger partial charge in [0.25, 0.3) is 0 Å². The van der Waals surface area contributed by atoms with E-state index in [-0.39, 0.29) is 0 Å². The molecule has 0 aromatic heterocycles. The second-order valence-corrected chi connectivity index (χ2v) is 1.30. The maximum atomic E-state index is 3.74. The first kappa shape index (κ1) is 5.80. The van der Waals surface area contributed by atoms with Crippen molar-refractivity contribution < 1.29 is 0 Å². The van der Waals surface area contributed by atoms with Crippen molar-refractivity contribution in [1.82, 2.24) is 0 Å². The van der Waals surface area contributed by atoms with Crippen molar-refractivity contribution in [2.45, 2.75) is 20.2 Å². The van der Waals surface area contributed by atoms with Gasteiger partial charge in [-0.25, -0.2) is 0 Å². The quantitative estimate of drug-likeness (QED) is 0.443. The van der Waals surface area contributed by atoms with Crippen molar-refractivity contribution >= 4 is 7.28 Å². The number of hydrogen-bond acceptors (Lipinski definition) is 0. The standard InChI is InChI=1S/C5H10B/c1-4-5(2)6-3/h2,4H2,1,3H3. The Hall–Kier alpha value is -0.195. The van der Waals surface area contributed by atoms with Gasteiger partial charge in [0.05, 0.1) is 0 Å². The summed E-state index contributed by atoms with van der Waals surface area (Å²) in [5, 5.41) is 0. The van der Waals surface area contributed by atoms with E-state index in [1.807, 2.05) is 14.1 Å². The molecule has 1 radical (unpaired) electrons. The van der Waals surface area contributed by atoms with E-state index in [0.717, 1.165) is 6.42 Å². The Balaban J connectivity index is 2.99. The second kappa shape index (κ2) is 3.01. The van der Waals surface area contributed by atoms with E-state index in [9.17, 15) is 0 Å². The molecule has 33 valence electrons. The summed E-state index contributed by atoms with van der Waals surface area (Å²) in [6.45, 7) is 7.84. The molecule has 0 aliphatic carbocycles. The van der Waals surface area contributed by atoms with Crippen LogP contribution in [0.2, 0.25) is 6.82 Å². The number of hydrogen-bond donors (Lipinski definition) is 0. The van der Waals surface area contributed by atoms with Crippen LogP contribution >= 0.6 is 0 Å². The van der Waals surface area contributed by atoms with Crippen LogP contribution in [0.4, 0.5) is 0 Å². The van der Waals surface area contributed by atoms with Crippen molar-refractivity contribution in [1.29, 1.82) is 0 Å². The van der Waals surface area contributed by atoms with Crippen LogP contribution in [0, 0.1) is 0 Å². The fourth-order valence-electron chi connectivity index (χ4n) is 0.204. The van der Waals surface area contributed by atoms with E-state index >= 15 is 0 Å². The fraction of sp³-hybridized carbons (Fsp3) is 0.600. The van der Waals surface area contributed by atoms with Gasteiger partial charge in [-0.2, -0.15) is 0 Å². The van der Waals surface area contributed by atoms with Crippen molar-refractivity contribution in [3.63, 3.8) is 0 Å². The van der Waals surface area contributed by atoms with Crippen LogP contribution in [0.5, 0.6) is 0 Å². The van der Waals surface area contributed by atoms with Gasteiger partial charge in [0.2, 0.25) is 0 Å². The van der Waals surface area contributed by atoms with E-state index in [1.54, 1.807) is 0 Å². The highest BCUT2D eigenvalue weighted by Gasteiger charge is 1.80. The smallest absolute Gasteiger partial charge is 0.116 e. The van der Waals surface area contributed by atoms with Crippen molar-refractivity contribution in [3.8, 4) is 0 Å². The monoisotopic (exact) mass is 81.1 g/mol. The Kier molecular flexibility index (Phi) is 2.92. The molecule has 0 aliphatic rings. The van der Waals surface area contributed by atoms with Crippen LogP contribution in [0.15, 0.2) is 12.1 Å². The molecular weight excluding hydrogens is 70.9 g/mol. The zero-order valence-electron chi connectivity index (χ0n) is 4.49. The third-order valence-electron chi connectivity index (χ3n) is 0.862. The highest BCUT2D eigenvalue weighted by molar-refractivity contribution is 6.43. The zero-order chi connectivity index (χ0) is 4.99. The zero-order valence-corrected chi connectivity index (χ0v) is 4.49. The molecule has 0 bridgehead atoms. The highest BCUT2D eigenvalue weighted by Crippen LogP contribution is 1.89. The minimum atomic E-state index is 1.08. The molecule has 0 saturated carbocycles. The highest BCUT2D eigenvalue weighted by atomic mass is 13.7. The molecule has 0 spiro atoms. The van der Waals surface area contributed by atoms with Crippen molar-refractivity contribution in [3.05, 3.63) is 12.1 Å². The summed E-state index contributed by atoms with van der Waals surface area (Å²) in [7, 11) is 2.03. The second-order valence-electron chi connectivity index (χ2n) is 1.30. The summed E-state index contributed by atoms with van der Waals surface area (Å²) in [6, 6.07) is 0. The normalized spacial score (nSPS) is 7.67. The molecule has 0 nitrogen and oxygen atoms in total. The molecule has 0 aromatic carbocycles. The summed E-state index contributed by atoms with van der Waals surface area (Å²) in [6.07, 6.45) is 1.08. The molecule has 1 heteroatoms. The van der Waals surface area contributed by atoms with Gasteiger partial charge in [0.1, 0.15) is 7.28 Å². The first-order chi connectivity index (χ1) is 2.81. The van der Waals surface area contributed by atoms with Crippen molar-refractivity contribution in [2.75, 3.05) is 0 Å². The van der Waals surface area contributed by atoms with Crippen LogP contribution < -0.4 is 0 Å². The Morgan fingerprint density at radius 2 is 2.33 bits per heavy atom. The molecule has 0 N–H and O–H groups in total. The first-order valence-corrected chi connectivity index (χ1v) is 2.28. The lowest BCUT2D eigenvalue weighted by molar-refractivity contribution is 1.20. The Morgan fingerprint density at radius 3 is 2.33 bits per heavy atom. The van der Waals surface area contributed by atoms with Gasteiger partial charge in [-0.05, 0) is 6.42 Å². The van der Waals surface area contributed by atoms with Crippen LogP contribution in [-0.2, 0) is 0 Å². The lowest BCUT2D eigenvalue weighted by Crippen LogP contribution is -1.83. The van der Waals surface area contributed by atoms with Gasteiger partial charge < -0.3 is 0 Å². The van der Waals surface area contributed by atoms with Gasteiger partial charge in [-0.15, -0.1) is 12.1 Å². The largest absolute Gasteiger partial charge is 0.141 e. The average Bonchev–Trinajstić information content (AvgIpc) is 1.65. The third kappa shape index (κ3) is 2.07. The molecule has 6 heavy (non-hydrogen) atoms. The summed E-state index contributed by atoms with van der Waals surface area (Å²) < 4.78 is 0. The van der Waals surface area contributed by atoms with Gasteiger partial charge in [0, 0.05) is 0 Å².